The van der Waals surface area contributed by atoms with Gasteiger partial charge in [-0.1, -0.05) is 24.3 Å². The largest absolute Gasteiger partial charge is 0.312 e. The highest BCUT2D eigenvalue weighted by Crippen LogP contribution is 2.34. The average Bonchev–Trinajstić information content (AvgIpc) is 2.88. The van der Waals surface area contributed by atoms with Crippen LogP contribution in [0.15, 0.2) is 24.3 Å². The van der Waals surface area contributed by atoms with Gasteiger partial charge in [0, 0.05) is 18.6 Å². The van der Waals surface area contributed by atoms with Gasteiger partial charge in [0.1, 0.15) is 0 Å². The van der Waals surface area contributed by atoms with Crippen molar-refractivity contribution in [2.75, 3.05) is 40.8 Å². The second-order valence-corrected chi connectivity index (χ2v) is 6.92. The Kier molecular flexibility index (Phi) is 4.63. The summed E-state index contributed by atoms with van der Waals surface area (Å²) in [6.07, 6.45) is 3.89. The standard InChI is InChI=1S/C18H29N3/c1-19-18-16-7-5-4-6-15(16)12-17(18)21(3)13-14-8-10-20(2)11-9-14/h4-7,14,17-19H,8-13H2,1-3H3. The molecule has 0 aromatic heterocycles. The lowest BCUT2D eigenvalue weighted by molar-refractivity contribution is 0.137. The number of benzene rings is 1. The van der Waals surface area contributed by atoms with E-state index in [4.69, 9.17) is 0 Å². The zero-order valence-corrected chi connectivity index (χ0v) is 13.7. The van der Waals surface area contributed by atoms with Gasteiger partial charge in [0.15, 0.2) is 0 Å². The van der Waals surface area contributed by atoms with Gasteiger partial charge >= 0.3 is 0 Å². The summed E-state index contributed by atoms with van der Waals surface area (Å²) in [4.78, 5) is 5.06. The van der Waals surface area contributed by atoms with Gasteiger partial charge in [0.2, 0.25) is 0 Å². The van der Waals surface area contributed by atoms with Crippen LogP contribution in [0.4, 0.5) is 0 Å². The number of hydrogen-bond donors (Lipinski definition) is 1. The molecular weight excluding hydrogens is 258 g/mol. The lowest BCUT2D eigenvalue weighted by Crippen LogP contribution is -2.43. The predicted octanol–water partition coefficient (Wildman–Crippen LogP) is 2.15. The van der Waals surface area contributed by atoms with Gasteiger partial charge < -0.3 is 15.1 Å². The molecule has 21 heavy (non-hydrogen) atoms. The van der Waals surface area contributed by atoms with Crippen LogP contribution in [-0.4, -0.2) is 56.6 Å². The van der Waals surface area contributed by atoms with E-state index in [-0.39, 0.29) is 0 Å². The summed E-state index contributed by atoms with van der Waals surface area (Å²) in [6, 6.07) is 10.0. The van der Waals surface area contributed by atoms with Gasteiger partial charge in [-0.15, -0.1) is 0 Å². The number of fused-ring (bicyclic) bond motifs is 1. The molecule has 1 N–H and O–H groups in total. The third-order valence-corrected chi connectivity index (χ3v) is 5.47. The van der Waals surface area contributed by atoms with Crippen LogP contribution < -0.4 is 5.32 Å². The van der Waals surface area contributed by atoms with Gasteiger partial charge in [-0.2, -0.15) is 0 Å². The molecule has 2 atom stereocenters. The van der Waals surface area contributed by atoms with Crippen LogP contribution in [0.2, 0.25) is 0 Å². The zero-order valence-electron chi connectivity index (χ0n) is 13.7. The molecule has 0 radical (unpaired) electrons. The van der Waals surface area contributed by atoms with Crippen molar-refractivity contribution < 1.29 is 0 Å². The van der Waals surface area contributed by atoms with Gasteiger partial charge in [-0.05, 0) is 70.5 Å². The van der Waals surface area contributed by atoms with E-state index in [1.54, 1.807) is 0 Å². The first-order valence-corrected chi connectivity index (χ1v) is 8.33. The molecule has 116 valence electrons. The molecule has 0 spiro atoms. The van der Waals surface area contributed by atoms with Crippen molar-refractivity contribution >= 4 is 0 Å². The number of piperidine rings is 1. The first-order chi connectivity index (χ1) is 10.2. The molecule has 1 fully saturated rings. The Hall–Kier alpha value is -0.900. The molecule has 2 aliphatic rings. The molecule has 1 aromatic carbocycles. The van der Waals surface area contributed by atoms with Crippen LogP contribution in [0.1, 0.15) is 30.0 Å². The Morgan fingerprint density at radius 2 is 1.95 bits per heavy atom. The smallest absolute Gasteiger partial charge is 0.0481 e. The van der Waals surface area contributed by atoms with E-state index in [1.165, 1.54) is 50.0 Å². The summed E-state index contributed by atoms with van der Waals surface area (Å²) in [7, 11) is 6.66. The molecule has 1 heterocycles. The van der Waals surface area contributed by atoms with Crippen molar-refractivity contribution in [2.45, 2.75) is 31.3 Å². The molecule has 0 saturated carbocycles. The summed E-state index contributed by atoms with van der Waals surface area (Å²) >= 11 is 0. The van der Waals surface area contributed by atoms with Crippen LogP contribution in [0, 0.1) is 5.92 Å². The van der Waals surface area contributed by atoms with Gasteiger partial charge in [-0.25, -0.2) is 0 Å². The van der Waals surface area contributed by atoms with Crippen molar-refractivity contribution in [2.24, 2.45) is 5.92 Å². The Morgan fingerprint density at radius 1 is 1.24 bits per heavy atom. The molecular formula is C18H29N3. The Bertz CT molecular complexity index is 465. The van der Waals surface area contributed by atoms with E-state index in [0.717, 1.165) is 5.92 Å². The van der Waals surface area contributed by atoms with Crippen LogP contribution in [0.3, 0.4) is 0 Å². The van der Waals surface area contributed by atoms with E-state index >= 15 is 0 Å². The fourth-order valence-corrected chi connectivity index (χ4v) is 4.12. The number of nitrogens with one attached hydrogen (secondary N) is 1. The third kappa shape index (κ3) is 3.15. The Morgan fingerprint density at radius 3 is 2.67 bits per heavy atom. The van der Waals surface area contributed by atoms with E-state index < -0.39 is 0 Å². The second kappa shape index (κ2) is 6.47. The van der Waals surface area contributed by atoms with Gasteiger partial charge in [0.25, 0.3) is 0 Å². The van der Waals surface area contributed by atoms with Crippen molar-refractivity contribution in [3.8, 4) is 0 Å². The highest BCUT2D eigenvalue weighted by Gasteiger charge is 2.34. The molecule has 1 aliphatic heterocycles. The predicted molar refractivity (Wildman–Crippen MR) is 88.6 cm³/mol. The lowest BCUT2D eigenvalue weighted by Gasteiger charge is -2.36. The molecule has 2 unspecified atom stereocenters. The maximum absolute atomic E-state index is 3.55. The quantitative estimate of drug-likeness (QED) is 0.915. The summed E-state index contributed by atoms with van der Waals surface area (Å²) in [5, 5.41) is 3.55. The lowest BCUT2D eigenvalue weighted by atomic mass is 9.95. The number of likely N-dealkylation sites (tertiary alicyclic amines) is 1. The minimum atomic E-state index is 0.484. The normalized spacial score (nSPS) is 27.2. The molecule has 1 saturated heterocycles. The van der Waals surface area contributed by atoms with Crippen LogP contribution in [0.25, 0.3) is 0 Å². The number of rotatable bonds is 4. The monoisotopic (exact) mass is 287 g/mol. The molecule has 3 nitrogen and oxygen atoms in total. The summed E-state index contributed by atoms with van der Waals surface area (Å²) in [6.45, 7) is 3.77. The van der Waals surface area contributed by atoms with E-state index in [9.17, 15) is 0 Å². The third-order valence-electron chi connectivity index (χ3n) is 5.47. The van der Waals surface area contributed by atoms with Crippen LogP contribution in [-0.2, 0) is 6.42 Å². The van der Waals surface area contributed by atoms with Gasteiger partial charge in [-0.3, -0.25) is 0 Å². The SMILES string of the molecule is CNC1c2ccccc2CC1N(C)CC1CCN(C)CC1. The molecule has 3 rings (SSSR count). The van der Waals surface area contributed by atoms with Crippen molar-refractivity contribution in [3.05, 3.63) is 35.4 Å². The highest BCUT2D eigenvalue weighted by atomic mass is 15.2. The molecule has 0 amide bonds. The van der Waals surface area contributed by atoms with Gasteiger partial charge in [0.05, 0.1) is 0 Å². The fourth-order valence-electron chi connectivity index (χ4n) is 4.12. The highest BCUT2D eigenvalue weighted by molar-refractivity contribution is 5.37. The van der Waals surface area contributed by atoms with Crippen molar-refractivity contribution in [3.63, 3.8) is 0 Å². The summed E-state index contributed by atoms with van der Waals surface area (Å²) < 4.78 is 0. The average molecular weight is 287 g/mol. The first-order valence-electron chi connectivity index (χ1n) is 8.33. The summed E-state index contributed by atoms with van der Waals surface area (Å²) in [5.74, 6) is 0.868. The maximum Gasteiger partial charge on any atom is 0.0481 e. The number of likely N-dealkylation sites (N-methyl/N-ethyl adjacent to an activating group) is 2. The maximum atomic E-state index is 3.55. The topological polar surface area (TPSA) is 18.5 Å². The minimum absolute atomic E-state index is 0.484. The molecule has 1 aliphatic carbocycles. The minimum Gasteiger partial charge on any atom is -0.312 e. The molecule has 3 heteroatoms. The van der Waals surface area contributed by atoms with Crippen LogP contribution in [0.5, 0.6) is 0 Å². The summed E-state index contributed by atoms with van der Waals surface area (Å²) in [5.41, 5.74) is 3.03. The molecule has 0 bridgehead atoms. The Labute approximate surface area is 129 Å². The van der Waals surface area contributed by atoms with Crippen molar-refractivity contribution in [1.82, 2.24) is 15.1 Å². The Balaban J connectivity index is 1.64. The number of hydrogen-bond acceptors (Lipinski definition) is 3. The van der Waals surface area contributed by atoms with E-state index in [0.29, 0.717) is 12.1 Å². The fraction of sp³-hybridized carbons (Fsp3) is 0.667. The zero-order chi connectivity index (χ0) is 14.8. The van der Waals surface area contributed by atoms with E-state index in [1.807, 2.05) is 0 Å². The van der Waals surface area contributed by atoms with E-state index in [2.05, 4.69) is 60.5 Å². The molecule has 1 aromatic rings. The first kappa shape index (κ1) is 15.0. The number of nitrogens with zero attached hydrogens (tertiary/aromatic N) is 2. The second-order valence-electron chi connectivity index (χ2n) is 6.92. The van der Waals surface area contributed by atoms with Crippen LogP contribution >= 0.6 is 0 Å². The van der Waals surface area contributed by atoms with Crippen molar-refractivity contribution in [1.29, 1.82) is 0 Å².